The van der Waals surface area contributed by atoms with Crippen molar-refractivity contribution in [2.24, 2.45) is 4.99 Å². The van der Waals surface area contributed by atoms with Gasteiger partial charge in [0.1, 0.15) is 6.10 Å². The number of carboxylic acids is 1. The predicted molar refractivity (Wildman–Crippen MR) is 119 cm³/mol. The molecule has 0 rings (SSSR count). The van der Waals surface area contributed by atoms with Crippen molar-refractivity contribution in [3.8, 4) is 0 Å². The summed E-state index contributed by atoms with van der Waals surface area (Å²) in [7, 11) is 1.71. The van der Waals surface area contributed by atoms with Crippen molar-refractivity contribution in [1.29, 1.82) is 0 Å². The van der Waals surface area contributed by atoms with Gasteiger partial charge in [-0.15, -0.1) is 0 Å². The molecule has 0 radical (unpaired) electrons. The van der Waals surface area contributed by atoms with Crippen molar-refractivity contribution in [3.63, 3.8) is 0 Å². The summed E-state index contributed by atoms with van der Waals surface area (Å²) in [6, 6.07) is 0. The molecule has 29 heavy (non-hydrogen) atoms. The molecule has 2 N–H and O–H groups in total. The van der Waals surface area contributed by atoms with Crippen molar-refractivity contribution in [3.05, 3.63) is 0 Å². The maximum Gasteiger partial charge on any atom is 0.306 e. The van der Waals surface area contributed by atoms with Gasteiger partial charge in [0.2, 0.25) is 0 Å². The number of aliphatic imine (C=N–C) groups is 1. The number of carbonyl (C=O) groups excluding carboxylic acids is 1. The summed E-state index contributed by atoms with van der Waals surface area (Å²) in [6.07, 6.45) is 17.3. The molecular formula is C23H44N2O4. The van der Waals surface area contributed by atoms with Gasteiger partial charge in [0.05, 0.1) is 6.34 Å². The van der Waals surface area contributed by atoms with Crippen LogP contribution in [0.1, 0.15) is 110 Å². The first-order chi connectivity index (χ1) is 14.1. The minimum absolute atomic E-state index is 0.0429. The minimum atomic E-state index is -0.706. The Balaban J connectivity index is 4.02. The number of hydrogen-bond acceptors (Lipinski definition) is 4. The number of nitrogens with zero attached hydrogens (tertiary/aromatic N) is 1. The maximum absolute atomic E-state index is 12.2. The molecule has 170 valence electrons. The zero-order valence-corrected chi connectivity index (χ0v) is 18.8. The van der Waals surface area contributed by atoms with E-state index < -0.39 is 5.97 Å². The highest BCUT2D eigenvalue weighted by molar-refractivity contribution is 5.69. The third-order valence-electron chi connectivity index (χ3n) is 5.02. The molecular weight excluding hydrogens is 368 g/mol. The van der Waals surface area contributed by atoms with Gasteiger partial charge >= 0.3 is 11.9 Å². The summed E-state index contributed by atoms with van der Waals surface area (Å²) in [5.74, 6) is -0.796. The molecule has 1 atom stereocenters. The van der Waals surface area contributed by atoms with Gasteiger partial charge in [-0.2, -0.15) is 0 Å². The molecule has 0 bridgehead atoms. The first-order valence-electron chi connectivity index (χ1n) is 11.7. The fourth-order valence-corrected chi connectivity index (χ4v) is 3.33. The lowest BCUT2D eigenvalue weighted by Crippen LogP contribution is -2.20. The molecule has 0 aromatic rings. The molecule has 1 unspecified atom stereocenters. The average Bonchev–Trinajstić information content (AvgIpc) is 2.69. The van der Waals surface area contributed by atoms with Gasteiger partial charge in [-0.05, 0) is 38.5 Å². The third-order valence-corrected chi connectivity index (χ3v) is 5.02. The van der Waals surface area contributed by atoms with E-state index in [0.29, 0.717) is 6.42 Å². The monoisotopic (exact) mass is 412 g/mol. The Morgan fingerprint density at radius 3 is 2.07 bits per heavy atom. The predicted octanol–water partition coefficient (Wildman–Crippen LogP) is 5.49. The largest absolute Gasteiger partial charge is 0.481 e. The van der Waals surface area contributed by atoms with Crippen LogP contribution >= 0.6 is 0 Å². The number of carboxylic acid groups (broad SMARTS) is 1. The minimum Gasteiger partial charge on any atom is -0.481 e. The molecule has 6 heteroatoms. The van der Waals surface area contributed by atoms with E-state index in [0.717, 1.165) is 70.8 Å². The highest BCUT2D eigenvalue weighted by Gasteiger charge is 2.14. The molecule has 0 aromatic carbocycles. The summed E-state index contributed by atoms with van der Waals surface area (Å²) in [5.41, 5.74) is 0. The van der Waals surface area contributed by atoms with E-state index in [1.807, 2.05) is 0 Å². The Hall–Kier alpha value is -1.59. The first-order valence-corrected chi connectivity index (χ1v) is 11.7. The molecule has 0 heterocycles. The number of carbonyl (C=O) groups is 2. The van der Waals surface area contributed by atoms with E-state index in [1.54, 1.807) is 13.4 Å². The second-order valence-electron chi connectivity index (χ2n) is 7.81. The highest BCUT2D eigenvalue weighted by Crippen LogP contribution is 2.17. The van der Waals surface area contributed by atoms with E-state index in [1.165, 1.54) is 25.7 Å². The number of rotatable bonds is 21. The van der Waals surface area contributed by atoms with Crippen LogP contribution < -0.4 is 5.32 Å². The van der Waals surface area contributed by atoms with Crippen molar-refractivity contribution in [1.82, 2.24) is 5.32 Å². The Morgan fingerprint density at radius 2 is 1.48 bits per heavy atom. The van der Waals surface area contributed by atoms with E-state index in [-0.39, 0.29) is 18.5 Å². The standard InChI is InChI=1S/C23H44N2O4/c1-3-4-5-8-11-15-21(29-23(28)18-14-19-25-20-24-2)16-12-9-6-7-10-13-17-22(26)27/h20-21H,3-19H2,1-2H3,(H,24,25)(H,26,27). The third kappa shape index (κ3) is 20.9. The average molecular weight is 413 g/mol. The number of hydrogen-bond donors (Lipinski definition) is 2. The number of nitrogens with one attached hydrogen (secondary N) is 1. The zero-order chi connectivity index (χ0) is 21.6. The molecule has 0 aliphatic heterocycles. The molecule has 0 amide bonds. The van der Waals surface area contributed by atoms with Crippen molar-refractivity contribution in [2.75, 3.05) is 13.6 Å². The van der Waals surface area contributed by atoms with Crippen LogP contribution in [-0.4, -0.2) is 43.1 Å². The molecule has 0 aromatic heterocycles. The summed E-state index contributed by atoms with van der Waals surface area (Å²) in [5, 5.41) is 11.7. The molecule has 0 saturated carbocycles. The highest BCUT2D eigenvalue weighted by atomic mass is 16.5. The first kappa shape index (κ1) is 27.4. The quantitative estimate of drug-likeness (QED) is 0.113. The summed E-state index contributed by atoms with van der Waals surface area (Å²) < 4.78 is 5.77. The van der Waals surface area contributed by atoms with E-state index >= 15 is 0 Å². The van der Waals surface area contributed by atoms with Gasteiger partial charge in [-0.25, -0.2) is 0 Å². The summed E-state index contributed by atoms with van der Waals surface area (Å²) in [4.78, 5) is 26.5. The van der Waals surface area contributed by atoms with E-state index in [9.17, 15) is 9.59 Å². The smallest absolute Gasteiger partial charge is 0.306 e. The Labute approximate surface area is 177 Å². The van der Waals surface area contributed by atoms with Gasteiger partial charge < -0.3 is 15.2 Å². The van der Waals surface area contributed by atoms with Gasteiger partial charge in [0.15, 0.2) is 0 Å². The Kier molecular flexibility index (Phi) is 20.0. The lowest BCUT2D eigenvalue weighted by Gasteiger charge is -2.18. The summed E-state index contributed by atoms with van der Waals surface area (Å²) in [6.45, 7) is 2.95. The fourth-order valence-electron chi connectivity index (χ4n) is 3.33. The lowest BCUT2D eigenvalue weighted by atomic mass is 10.0. The second-order valence-corrected chi connectivity index (χ2v) is 7.81. The van der Waals surface area contributed by atoms with Crippen molar-refractivity contribution in [2.45, 2.75) is 116 Å². The van der Waals surface area contributed by atoms with Crippen LogP contribution in [0.5, 0.6) is 0 Å². The normalized spacial score (nSPS) is 12.2. The lowest BCUT2D eigenvalue weighted by molar-refractivity contribution is -0.150. The number of ether oxygens (including phenoxy) is 1. The van der Waals surface area contributed by atoms with Crippen LogP contribution in [-0.2, 0) is 14.3 Å². The van der Waals surface area contributed by atoms with E-state index in [2.05, 4.69) is 17.2 Å². The van der Waals surface area contributed by atoms with E-state index in [4.69, 9.17) is 9.84 Å². The van der Waals surface area contributed by atoms with Crippen LogP contribution in [0, 0.1) is 0 Å². The van der Waals surface area contributed by atoms with Gasteiger partial charge in [0, 0.05) is 26.4 Å². The molecule has 0 aliphatic carbocycles. The van der Waals surface area contributed by atoms with Gasteiger partial charge in [-0.1, -0.05) is 58.3 Å². The molecule has 6 nitrogen and oxygen atoms in total. The Bertz CT molecular complexity index is 427. The van der Waals surface area contributed by atoms with Crippen LogP contribution in [0.25, 0.3) is 0 Å². The molecule has 0 saturated heterocycles. The van der Waals surface area contributed by atoms with Crippen molar-refractivity contribution < 1.29 is 19.4 Å². The van der Waals surface area contributed by atoms with Gasteiger partial charge in [-0.3, -0.25) is 14.6 Å². The number of esters is 1. The van der Waals surface area contributed by atoms with Gasteiger partial charge in [0.25, 0.3) is 0 Å². The number of aliphatic carboxylic acids is 1. The SMILES string of the molecule is CCCCCCCC(CCCCCCCCC(=O)O)OC(=O)CCCNC=NC. The topological polar surface area (TPSA) is 88.0 Å². The summed E-state index contributed by atoms with van der Waals surface area (Å²) >= 11 is 0. The fraction of sp³-hybridized carbons (Fsp3) is 0.870. The van der Waals surface area contributed by atoms with Crippen LogP contribution in [0.15, 0.2) is 4.99 Å². The maximum atomic E-state index is 12.2. The number of unbranched alkanes of at least 4 members (excludes halogenated alkanes) is 9. The molecule has 0 spiro atoms. The zero-order valence-electron chi connectivity index (χ0n) is 18.8. The molecule has 0 aliphatic rings. The van der Waals surface area contributed by atoms with Crippen LogP contribution in [0.3, 0.4) is 0 Å². The van der Waals surface area contributed by atoms with Crippen LogP contribution in [0.4, 0.5) is 0 Å². The Morgan fingerprint density at radius 1 is 0.897 bits per heavy atom. The van der Waals surface area contributed by atoms with Crippen LogP contribution in [0.2, 0.25) is 0 Å². The van der Waals surface area contributed by atoms with Crippen molar-refractivity contribution >= 4 is 18.3 Å². The second kappa shape index (κ2) is 21.1. The molecule has 0 fully saturated rings.